The lowest BCUT2D eigenvalue weighted by molar-refractivity contribution is -0.233. The Kier molecular flexibility index (Phi) is 3.93. The third-order valence-electron chi connectivity index (χ3n) is 2.33. The van der Waals surface area contributed by atoms with E-state index in [1.807, 2.05) is 0 Å². The molecule has 1 atom stereocenters. The Balaban J connectivity index is 3.12. The lowest BCUT2D eigenvalue weighted by Gasteiger charge is -2.28. The van der Waals surface area contributed by atoms with Crippen molar-refractivity contribution in [3.63, 3.8) is 0 Å². The van der Waals surface area contributed by atoms with Crippen molar-refractivity contribution in [2.45, 2.75) is 18.8 Å². The molecule has 1 N–H and O–H groups in total. The molecule has 0 fully saturated rings. The lowest BCUT2D eigenvalue weighted by Crippen LogP contribution is -2.47. The molecule has 100 valence electrons. The molecule has 0 aliphatic heterocycles. The van der Waals surface area contributed by atoms with Crippen LogP contribution in [0.5, 0.6) is 0 Å². The van der Waals surface area contributed by atoms with Crippen molar-refractivity contribution in [2.75, 3.05) is 6.54 Å². The third kappa shape index (κ3) is 2.96. The van der Waals surface area contributed by atoms with E-state index in [0.29, 0.717) is 12.1 Å². The molecule has 0 radical (unpaired) electrons. The number of carbonyl (C=O) groups excluding carboxylic acids is 1. The van der Waals surface area contributed by atoms with Gasteiger partial charge in [0.05, 0.1) is 6.54 Å². The smallest absolute Gasteiger partial charge is 0.352 e. The van der Waals surface area contributed by atoms with Gasteiger partial charge in [0.25, 0.3) is 0 Å². The molecule has 0 heterocycles. The molecule has 18 heavy (non-hydrogen) atoms. The summed E-state index contributed by atoms with van der Waals surface area (Å²) in [4.78, 5) is 10.6. The first-order chi connectivity index (χ1) is 8.17. The maximum absolute atomic E-state index is 14.1. The fraction of sp³-hybridized carbons (Fsp3) is 0.364. The maximum Gasteiger partial charge on any atom is 0.428 e. The zero-order valence-electron chi connectivity index (χ0n) is 9.31. The highest BCUT2D eigenvalue weighted by Crippen LogP contribution is 2.42. The molecular weight excluding hydrogens is 257 g/mol. The predicted octanol–water partition coefficient (Wildman–Crippen LogP) is 2.69. The fourth-order valence-electron chi connectivity index (χ4n) is 1.33. The van der Waals surface area contributed by atoms with Crippen molar-refractivity contribution < 1.29 is 26.7 Å². The van der Waals surface area contributed by atoms with Gasteiger partial charge in [0.2, 0.25) is 11.6 Å². The Hall–Kier alpha value is -1.66. The number of nitrogens with one attached hydrogen (secondary N) is 1. The SMILES string of the molecule is CC(=O)NC[C@@](F)(c1ccc(F)cc1)C(F)(F)F. The van der Waals surface area contributed by atoms with Crippen LogP contribution in [0.2, 0.25) is 0 Å². The van der Waals surface area contributed by atoms with Gasteiger partial charge >= 0.3 is 6.18 Å². The van der Waals surface area contributed by atoms with Gasteiger partial charge in [-0.25, -0.2) is 8.78 Å². The van der Waals surface area contributed by atoms with E-state index in [2.05, 4.69) is 0 Å². The van der Waals surface area contributed by atoms with Crippen molar-refractivity contribution in [3.05, 3.63) is 35.6 Å². The van der Waals surface area contributed by atoms with Gasteiger partial charge in [-0.3, -0.25) is 4.79 Å². The Labute approximate surface area is 99.8 Å². The summed E-state index contributed by atoms with van der Waals surface area (Å²) in [6.45, 7) is -0.279. The van der Waals surface area contributed by atoms with Crippen molar-refractivity contribution in [1.29, 1.82) is 0 Å². The Morgan fingerprint density at radius 1 is 1.17 bits per heavy atom. The molecule has 1 aromatic rings. The highest BCUT2D eigenvalue weighted by Gasteiger charge is 2.57. The fourth-order valence-corrected chi connectivity index (χ4v) is 1.33. The third-order valence-corrected chi connectivity index (χ3v) is 2.33. The lowest BCUT2D eigenvalue weighted by atomic mass is 9.95. The summed E-state index contributed by atoms with van der Waals surface area (Å²) >= 11 is 0. The molecule has 0 saturated heterocycles. The summed E-state index contributed by atoms with van der Waals surface area (Å²) < 4.78 is 64.8. The summed E-state index contributed by atoms with van der Waals surface area (Å²) in [5, 5.41) is 1.78. The molecule has 0 bridgehead atoms. The molecule has 0 aliphatic carbocycles. The van der Waals surface area contributed by atoms with Crippen molar-refractivity contribution in [2.24, 2.45) is 0 Å². The van der Waals surface area contributed by atoms with E-state index in [1.165, 1.54) is 0 Å². The minimum absolute atomic E-state index is 0.699. The van der Waals surface area contributed by atoms with Gasteiger partial charge in [-0.05, 0) is 12.1 Å². The summed E-state index contributed by atoms with van der Waals surface area (Å²) in [7, 11) is 0. The van der Waals surface area contributed by atoms with Crippen LogP contribution < -0.4 is 5.32 Å². The minimum atomic E-state index is -5.22. The van der Waals surface area contributed by atoms with Gasteiger partial charge in [0.15, 0.2) is 0 Å². The zero-order chi connectivity index (χ0) is 14.0. The normalized spacial score (nSPS) is 15.0. The van der Waals surface area contributed by atoms with E-state index in [9.17, 15) is 26.7 Å². The average molecular weight is 267 g/mol. The quantitative estimate of drug-likeness (QED) is 0.838. The molecule has 0 saturated carbocycles. The minimum Gasteiger partial charge on any atom is -0.352 e. The van der Waals surface area contributed by atoms with Crippen LogP contribution in [0.4, 0.5) is 22.0 Å². The summed E-state index contributed by atoms with van der Waals surface area (Å²) in [6.07, 6.45) is -5.22. The summed E-state index contributed by atoms with van der Waals surface area (Å²) in [6, 6.07) is 2.85. The topological polar surface area (TPSA) is 29.1 Å². The van der Waals surface area contributed by atoms with E-state index in [4.69, 9.17) is 0 Å². The summed E-state index contributed by atoms with van der Waals surface area (Å²) in [5.74, 6) is -1.56. The predicted molar refractivity (Wildman–Crippen MR) is 53.9 cm³/mol. The van der Waals surface area contributed by atoms with Gasteiger partial charge in [-0.1, -0.05) is 12.1 Å². The zero-order valence-corrected chi connectivity index (χ0v) is 9.31. The van der Waals surface area contributed by atoms with E-state index >= 15 is 0 Å². The van der Waals surface area contributed by atoms with Crippen LogP contribution in [0.3, 0.4) is 0 Å². The van der Waals surface area contributed by atoms with Crippen LogP contribution >= 0.6 is 0 Å². The number of hydrogen-bond acceptors (Lipinski definition) is 1. The van der Waals surface area contributed by atoms with E-state index in [0.717, 1.165) is 19.1 Å². The molecule has 1 rings (SSSR count). The molecule has 0 spiro atoms. The monoisotopic (exact) mass is 267 g/mol. The van der Waals surface area contributed by atoms with E-state index in [-0.39, 0.29) is 0 Å². The molecule has 1 amide bonds. The van der Waals surface area contributed by atoms with Gasteiger partial charge < -0.3 is 5.32 Å². The highest BCUT2D eigenvalue weighted by atomic mass is 19.4. The number of halogens is 5. The maximum atomic E-state index is 14.1. The number of amides is 1. The second-order valence-electron chi connectivity index (χ2n) is 3.72. The first kappa shape index (κ1) is 14.4. The number of hydrogen-bond donors (Lipinski definition) is 1. The summed E-state index contributed by atoms with van der Waals surface area (Å²) in [5.41, 5.74) is -4.50. The Bertz CT molecular complexity index is 428. The van der Waals surface area contributed by atoms with Gasteiger partial charge in [-0.15, -0.1) is 0 Å². The molecule has 2 nitrogen and oxygen atoms in total. The molecule has 0 unspecified atom stereocenters. The van der Waals surface area contributed by atoms with Crippen LogP contribution in [0, 0.1) is 5.82 Å². The molecule has 7 heteroatoms. The first-order valence-electron chi connectivity index (χ1n) is 4.93. The van der Waals surface area contributed by atoms with Crippen molar-refractivity contribution >= 4 is 5.91 Å². The van der Waals surface area contributed by atoms with E-state index < -0.39 is 35.7 Å². The van der Waals surface area contributed by atoms with Gasteiger partial charge in [-0.2, -0.15) is 13.2 Å². The van der Waals surface area contributed by atoms with Gasteiger partial charge in [0.1, 0.15) is 5.82 Å². The molecular formula is C11H10F5NO. The van der Waals surface area contributed by atoms with Crippen LogP contribution in [0.15, 0.2) is 24.3 Å². The Morgan fingerprint density at radius 2 is 1.67 bits per heavy atom. The van der Waals surface area contributed by atoms with Crippen LogP contribution in [0.1, 0.15) is 12.5 Å². The van der Waals surface area contributed by atoms with Gasteiger partial charge in [0, 0.05) is 12.5 Å². The van der Waals surface area contributed by atoms with Crippen LogP contribution in [-0.2, 0) is 10.5 Å². The second-order valence-corrected chi connectivity index (χ2v) is 3.72. The van der Waals surface area contributed by atoms with Crippen molar-refractivity contribution in [3.8, 4) is 0 Å². The van der Waals surface area contributed by atoms with E-state index in [1.54, 1.807) is 5.32 Å². The number of rotatable bonds is 3. The highest BCUT2D eigenvalue weighted by molar-refractivity contribution is 5.72. The van der Waals surface area contributed by atoms with Crippen LogP contribution in [0.25, 0.3) is 0 Å². The number of alkyl halides is 4. The standard InChI is InChI=1S/C11H10F5NO/c1-7(18)17-6-10(13,11(14,15)16)8-2-4-9(12)5-3-8/h2-5H,6H2,1H3,(H,17,18)/t10-/m1/s1. The Morgan fingerprint density at radius 3 is 2.06 bits per heavy atom. The number of carbonyl (C=O) groups is 1. The molecule has 0 aromatic heterocycles. The largest absolute Gasteiger partial charge is 0.428 e. The van der Waals surface area contributed by atoms with Crippen LogP contribution in [-0.4, -0.2) is 18.6 Å². The van der Waals surface area contributed by atoms with Crippen molar-refractivity contribution in [1.82, 2.24) is 5.32 Å². The molecule has 0 aliphatic rings. The second kappa shape index (κ2) is 4.91. The molecule has 1 aromatic carbocycles. The average Bonchev–Trinajstić information content (AvgIpc) is 2.25. The number of benzene rings is 1. The first-order valence-corrected chi connectivity index (χ1v) is 4.93.